The van der Waals surface area contributed by atoms with Crippen LogP contribution in [0, 0.1) is 5.41 Å². The van der Waals surface area contributed by atoms with Crippen LogP contribution in [0.25, 0.3) is 0 Å². The number of aliphatic hydroxyl groups is 1. The minimum absolute atomic E-state index is 0.0281. The van der Waals surface area contributed by atoms with Gasteiger partial charge in [-0.15, -0.1) is 12.6 Å². The van der Waals surface area contributed by atoms with Crippen molar-refractivity contribution in [2.24, 2.45) is 5.41 Å². The Bertz CT molecular complexity index is 490. The summed E-state index contributed by atoms with van der Waals surface area (Å²) in [6.07, 6.45) is 0.214. The van der Waals surface area contributed by atoms with Crippen LogP contribution >= 0.6 is 24.2 Å². The van der Waals surface area contributed by atoms with Gasteiger partial charge in [0.25, 0.3) is 5.91 Å². The molecule has 1 saturated carbocycles. The number of hydrogen-bond acceptors (Lipinski definition) is 3. The molecule has 0 radical (unpaired) electrons. The Labute approximate surface area is 117 Å². The van der Waals surface area contributed by atoms with Gasteiger partial charge in [-0.1, -0.05) is 25.4 Å². The number of nitrogens with one attached hydrogen (secondary N) is 1. The molecule has 1 fully saturated rings. The van der Waals surface area contributed by atoms with E-state index in [1.165, 1.54) is 0 Å². The maximum atomic E-state index is 12.1. The van der Waals surface area contributed by atoms with E-state index < -0.39 is 0 Å². The van der Waals surface area contributed by atoms with E-state index >= 15 is 0 Å². The van der Waals surface area contributed by atoms with Crippen LogP contribution in [-0.2, 0) is 0 Å². The number of amides is 1. The lowest BCUT2D eigenvalue weighted by Crippen LogP contribution is -2.61. The third-order valence-corrected chi connectivity index (χ3v) is 4.32. The van der Waals surface area contributed by atoms with Crippen LogP contribution in [0.2, 0.25) is 5.02 Å². The second-order valence-corrected chi connectivity index (χ2v) is 6.19. The molecular formula is C13H16ClNO2S. The number of rotatable bonds is 2. The summed E-state index contributed by atoms with van der Waals surface area (Å²) in [6.45, 7) is 3.87. The molecule has 2 rings (SSSR count). The predicted octanol–water partition coefficient (Wildman–Crippen LogP) is 2.52. The van der Waals surface area contributed by atoms with E-state index in [-0.39, 0.29) is 23.5 Å². The average Bonchev–Trinajstić information content (AvgIpc) is 2.31. The minimum Gasteiger partial charge on any atom is -0.392 e. The van der Waals surface area contributed by atoms with Crippen molar-refractivity contribution in [2.45, 2.75) is 37.3 Å². The summed E-state index contributed by atoms with van der Waals surface area (Å²) >= 11 is 10.2. The normalized spacial score (nSPS) is 25.4. The van der Waals surface area contributed by atoms with Crippen LogP contribution in [0.4, 0.5) is 0 Å². The van der Waals surface area contributed by atoms with Gasteiger partial charge < -0.3 is 10.4 Å². The number of aliphatic hydroxyl groups excluding tert-OH is 1. The molecule has 2 unspecified atom stereocenters. The van der Waals surface area contributed by atoms with Gasteiger partial charge in [-0.05, 0) is 24.6 Å². The van der Waals surface area contributed by atoms with Gasteiger partial charge in [0.15, 0.2) is 0 Å². The van der Waals surface area contributed by atoms with Gasteiger partial charge in [-0.2, -0.15) is 0 Å². The van der Waals surface area contributed by atoms with E-state index in [2.05, 4.69) is 17.9 Å². The Morgan fingerprint density at radius 2 is 2.22 bits per heavy atom. The quantitative estimate of drug-likeness (QED) is 0.731. The summed E-state index contributed by atoms with van der Waals surface area (Å²) in [5.41, 5.74) is 0.127. The molecular weight excluding hydrogens is 270 g/mol. The maximum Gasteiger partial charge on any atom is 0.253 e. The molecule has 0 bridgehead atoms. The molecule has 5 heteroatoms. The first kappa shape index (κ1) is 13.7. The molecule has 1 aliphatic rings. The average molecular weight is 286 g/mol. The molecule has 2 N–H and O–H groups in total. The van der Waals surface area contributed by atoms with E-state index in [9.17, 15) is 9.90 Å². The number of hydrogen-bond donors (Lipinski definition) is 3. The lowest BCUT2D eigenvalue weighted by molar-refractivity contribution is -0.0689. The molecule has 1 aromatic carbocycles. The fourth-order valence-electron chi connectivity index (χ4n) is 2.07. The second kappa shape index (κ2) is 4.76. The maximum absolute atomic E-state index is 12.1. The monoisotopic (exact) mass is 285 g/mol. The third-order valence-electron chi connectivity index (χ3n) is 3.72. The van der Waals surface area contributed by atoms with Crippen molar-refractivity contribution in [1.82, 2.24) is 5.32 Å². The molecule has 0 aliphatic heterocycles. The first-order valence-electron chi connectivity index (χ1n) is 5.80. The Morgan fingerprint density at radius 1 is 1.56 bits per heavy atom. The fraction of sp³-hybridized carbons (Fsp3) is 0.462. The number of carbonyl (C=O) groups excluding carboxylic acids is 1. The zero-order valence-corrected chi connectivity index (χ0v) is 11.9. The molecule has 1 aromatic rings. The number of carbonyl (C=O) groups is 1. The molecule has 1 amide bonds. The molecule has 0 spiro atoms. The van der Waals surface area contributed by atoms with Gasteiger partial charge in [0.1, 0.15) is 0 Å². The zero-order chi connectivity index (χ0) is 13.5. The molecule has 0 aromatic heterocycles. The molecule has 0 heterocycles. The highest BCUT2D eigenvalue weighted by Gasteiger charge is 2.48. The third kappa shape index (κ3) is 2.37. The van der Waals surface area contributed by atoms with Gasteiger partial charge in [0, 0.05) is 16.4 Å². The second-order valence-electron chi connectivity index (χ2n) is 5.26. The largest absolute Gasteiger partial charge is 0.392 e. The van der Waals surface area contributed by atoms with Crippen LogP contribution < -0.4 is 5.32 Å². The lowest BCUT2D eigenvalue weighted by Gasteiger charge is -2.49. The van der Waals surface area contributed by atoms with Crippen molar-refractivity contribution in [2.75, 3.05) is 0 Å². The zero-order valence-electron chi connectivity index (χ0n) is 10.3. The predicted molar refractivity (Wildman–Crippen MR) is 74.4 cm³/mol. The smallest absolute Gasteiger partial charge is 0.253 e. The summed E-state index contributed by atoms with van der Waals surface area (Å²) in [7, 11) is 0. The van der Waals surface area contributed by atoms with Gasteiger partial charge in [-0.25, -0.2) is 0 Å². The summed E-state index contributed by atoms with van der Waals surface area (Å²) in [5.74, 6) is -0.221. The molecule has 2 atom stereocenters. The Hall–Kier alpha value is -0.710. The van der Waals surface area contributed by atoms with Crippen LogP contribution in [0.15, 0.2) is 23.1 Å². The van der Waals surface area contributed by atoms with Crippen molar-refractivity contribution in [3.05, 3.63) is 28.8 Å². The van der Waals surface area contributed by atoms with E-state index in [1.54, 1.807) is 18.2 Å². The van der Waals surface area contributed by atoms with E-state index in [4.69, 9.17) is 11.6 Å². The molecule has 3 nitrogen and oxygen atoms in total. The number of benzene rings is 1. The molecule has 98 valence electrons. The van der Waals surface area contributed by atoms with Crippen LogP contribution in [-0.4, -0.2) is 23.2 Å². The van der Waals surface area contributed by atoms with Crippen molar-refractivity contribution in [3.8, 4) is 0 Å². The number of halogens is 1. The molecule has 1 aliphatic carbocycles. The van der Waals surface area contributed by atoms with Crippen molar-refractivity contribution in [1.29, 1.82) is 0 Å². The standard InChI is InChI=1S/C13H16ClNO2S/c1-13(2)10(6-11(13)16)15-12(17)8-5-7(18)3-4-9(8)14/h3-5,10-11,16,18H,6H2,1-2H3,(H,15,17). The van der Waals surface area contributed by atoms with Gasteiger partial charge in [-0.3, -0.25) is 4.79 Å². The SMILES string of the molecule is CC1(C)C(O)CC1NC(=O)c1cc(S)ccc1Cl. The van der Waals surface area contributed by atoms with Gasteiger partial charge in [0.05, 0.1) is 16.7 Å². The van der Waals surface area contributed by atoms with Crippen molar-refractivity contribution in [3.63, 3.8) is 0 Å². The van der Waals surface area contributed by atoms with Gasteiger partial charge >= 0.3 is 0 Å². The fourth-order valence-corrected chi connectivity index (χ4v) is 2.48. The highest BCUT2D eigenvalue weighted by molar-refractivity contribution is 7.80. The Morgan fingerprint density at radius 3 is 2.78 bits per heavy atom. The lowest BCUT2D eigenvalue weighted by atomic mass is 9.64. The van der Waals surface area contributed by atoms with Gasteiger partial charge in [0.2, 0.25) is 0 Å². The topological polar surface area (TPSA) is 49.3 Å². The first-order valence-corrected chi connectivity index (χ1v) is 6.62. The minimum atomic E-state index is -0.366. The highest BCUT2D eigenvalue weighted by atomic mass is 35.5. The molecule has 0 saturated heterocycles. The van der Waals surface area contributed by atoms with Crippen LogP contribution in [0.3, 0.4) is 0 Å². The van der Waals surface area contributed by atoms with E-state index in [0.29, 0.717) is 21.9 Å². The summed E-state index contributed by atoms with van der Waals surface area (Å²) < 4.78 is 0. The van der Waals surface area contributed by atoms with E-state index in [0.717, 1.165) is 0 Å². The molecule has 18 heavy (non-hydrogen) atoms. The van der Waals surface area contributed by atoms with Crippen LogP contribution in [0.1, 0.15) is 30.6 Å². The van der Waals surface area contributed by atoms with Crippen molar-refractivity contribution < 1.29 is 9.90 Å². The van der Waals surface area contributed by atoms with Crippen LogP contribution in [0.5, 0.6) is 0 Å². The van der Waals surface area contributed by atoms with Crippen molar-refractivity contribution >= 4 is 30.1 Å². The Kier molecular flexibility index (Phi) is 3.63. The number of thiol groups is 1. The van der Waals surface area contributed by atoms with E-state index in [1.807, 2.05) is 13.8 Å². The summed E-state index contributed by atoms with van der Waals surface area (Å²) in [5, 5.41) is 12.9. The Balaban J connectivity index is 2.12. The first-order chi connectivity index (χ1) is 8.32. The summed E-state index contributed by atoms with van der Waals surface area (Å²) in [6, 6.07) is 5.00. The highest BCUT2D eigenvalue weighted by Crippen LogP contribution is 2.40. The summed E-state index contributed by atoms with van der Waals surface area (Å²) in [4.78, 5) is 12.8.